The van der Waals surface area contributed by atoms with Crippen molar-refractivity contribution in [1.29, 1.82) is 5.26 Å². The maximum absolute atomic E-state index is 15.6. The third-order valence-electron chi connectivity index (χ3n) is 7.66. The van der Waals surface area contributed by atoms with Gasteiger partial charge in [-0.05, 0) is 61.0 Å². The fourth-order valence-electron chi connectivity index (χ4n) is 5.25. The SMILES string of the molecule is CCn1cncc1Cn1c(Cc2ccc(-c3cccc(OCc4ccc(C#N)cc4F)n3)c(F)c2)nc2ccc(C(=O)OC)cc21. The second kappa shape index (κ2) is 13.0. The van der Waals surface area contributed by atoms with E-state index in [9.17, 15) is 9.18 Å². The van der Waals surface area contributed by atoms with E-state index in [-0.39, 0.29) is 29.2 Å². The molecule has 6 rings (SSSR count). The third kappa shape index (κ3) is 6.19. The Labute approximate surface area is 263 Å². The molecule has 230 valence electrons. The first-order valence-corrected chi connectivity index (χ1v) is 14.5. The second-order valence-corrected chi connectivity index (χ2v) is 10.5. The summed E-state index contributed by atoms with van der Waals surface area (Å²) in [6, 6.07) is 21.1. The van der Waals surface area contributed by atoms with Crippen LogP contribution in [0.15, 0.2) is 85.3 Å². The Morgan fingerprint density at radius 3 is 2.63 bits per heavy atom. The first kappa shape index (κ1) is 30.1. The number of hydrogen-bond donors (Lipinski definition) is 0. The van der Waals surface area contributed by atoms with Crippen LogP contribution in [0.1, 0.15) is 45.5 Å². The van der Waals surface area contributed by atoms with Crippen LogP contribution in [0.4, 0.5) is 8.78 Å². The molecule has 3 aromatic carbocycles. The van der Waals surface area contributed by atoms with Gasteiger partial charge in [0, 0.05) is 36.4 Å². The first-order valence-electron chi connectivity index (χ1n) is 14.5. The molecule has 46 heavy (non-hydrogen) atoms. The maximum Gasteiger partial charge on any atom is 0.337 e. The molecule has 0 saturated carbocycles. The molecule has 3 aromatic heterocycles. The van der Waals surface area contributed by atoms with Gasteiger partial charge in [-0.15, -0.1) is 0 Å². The molecule has 0 N–H and O–H groups in total. The largest absolute Gasteiger partial charge is 0.473 e. The topological polar surface area (TPSA) is 108 Å². The highest BCUT2D eigenvalue weighted by atomic mass is 19.1. The number of benzene rings is 3. The zero-order valence-electron chi connectivity index (χ0n) is 25.1. The van der Waals surface area contributed by atoms with Crippen molar-refractivity contribution in [2.24, 2.45) is 0 Å². The third-order valence-corrected chi connectivity index (χ3v) is 7.66. The van der Waals surface area contributed by atoms with E-state index in [0.717, 1.165) is 23.8 Å². The van der Waals surface area contributed by atoms with Crippen molar-refractivity contribution in [3.8, 4) is 23.2 Å². The van der Waals surface area contributed by atoms with Crippen LogP contribution < -0.4 is 4.74 Å². The molecule has 0 aliphatic heterocycles. The van der Waals surface area contributed by atoms with E-state index in [4.69, 9.17) is 19.7 Å². The molecule has 0 amide bonds. The number of carbonyl (C=O) groups excluding carboxylic acids is 1. The highest BCUT2D eigenvalue weighted by Gasteiger charge is 2.18. The van der Waals surface area contributed by atoms with Gasteiger partial charge in [0.1, 0.15) is 24.1 Å². The molecule has 0 saturated heterocycles. The van der Waals surface area contributed by atoms with Gasteiger partial charge in [-0.3, -0.25) is 0 Å². The van der Waals surface area contributed by atoms with Crippen LogP contribution in [-0.4, -0.2) is 37.2 Å². The summed E-state index contributed by atoms with van der Waals surface area (Å²) in [7, 11) is 1.34. The van der Waals surface area contributed by atoms with E-state index in [2.05, 4.69) is 9.97 Å². The standard InChI is InChI=1S/C35H28F2N6O3/c1-3-42-21-39-18-26(42)19-43-32-16-24(35(44)45-2)10-12-31(32)40-33(43)15-22-8-11-27(29(37)13-22)30-5-4-6-34(41-30)46-20-25-9-7-23(17-38)14-28(25)36/h4-14,16,18,21H,3,15,19-20H2,1-2H3. The van der Waals surface area contributed by atoms with Crippen LogP contribution in [0.3, 0.4) is 0 Å². The smallest absolute Gasteiger partial charge is 0.337 e. The molecule has 9 nitrogen and oxygen atoms in total. The molecule has 6 aromatic rings. The molecule has 0 radical (unpaired) electrons. The van der Waals surface area contributed by atoms with Crippen LogP contribution in [0.5, 0.6) is 5.88 Å². The van der Waals surface area contributed by atoms with Crippen molar-refractivity contribution in [3.63, 3.8) is 0 Å². The summed E-state index contributed by atoms with van der Waals surface area (Å²) in [5.41, 5.74) is 4.64. The van der Waals surface area contributed by atoms with Crippen molar-refractivity contribution in [2.75, 3.05) is 7.11 Å². The fraction of sp³-hybridized carbons (Fsp3) is 0.171. The monoisotopic (exact) mass is 618 g/mol. The number of halogens is 2. The molecule has 0 aliphatic carbocycles. The van der Waals surface area contributed by atoms with Crippen molar-refractivity contribution < 1.29 is 23.0 Å². The molecular weight excluding hydrogens is 590 g/mol. The Morgan fingerprint density at radius 1 is 1.00 bits per heavy atom. The highest BCUT2D eigenvalue weighted by Crippen LogP contribution is 2.27. The number of pyridine rings is 1. The summed E-state index contributed by atoms with van der Waals surface area (Å²) in [5.74, 6) is -0.574. The van der Waals surface area contributed by atoms with Gasteiger partial charge in [-0.2, -0.15) is 5.26 Å². The zero-order valence-corrected chi connectivity index (χ0v) is 25.1. The Kier molecular flexibility index (Phi) is 8.52. The molecule has 3 heterocycles. The minimum Gasteiger partial charge on any atom is -0.473 e. The number of carbonyl (C=O) groups is 1. The van der Waals surface area contributed by atoms with Crippen molar-refractivity contribution in [3.05, 3.63) is 131 Å². The van der Waals surface area contributed by atoms with Gasteiger partial charge in [0.05, 0.1) is 59.6 Å². The van der Waals surface area contributed by atoms with Crippen LogP contribution >= 0.6 is 0 Å². The second-order valence-electron chi connectivity index (χ2n) is 10.5. The zero-order chi connectivity index (χ0) is 32.2. The van der Waals surface area contributed by atoms with E-state index in [1.807, 2.05) is 28.2 Å². The number of esters is 1. The van der Waals surface area contributed by atoms with Crippen molar-refractivity contribution in [1.82, 2.24) is 24.1 Å². The fourth-order valence-corrected chi connectivity index (χ4v) is 5.25. The minimum absolute atomic E-state index is 0.101. The molecule has 0 atom stereocenters. The number of nitrogens with zero attached hydrogens (tertiary/aromatic N) is 6. The lowest BCUT2D eigenvalue weighted by Crippen LogP contribution is -2.10. The summed E-state index contributed by atoms with van der Waals surface area (Å²) in [4.78, 5) is 25.8. The summed E-state index contributed by atoms with van der Waals surface area (Å²) < 4.78 is 44.5. The number of aromatic nitrogens is 5. The maximum atomic E-state index is 15.6. The van der Waals surface area contributed by atoms with Gasteiger partial charge in [0.15, 0.2) is 0 Å². The predicted molar refractivity (Wildman–Crippen MR) is 166 cm³/mol. The average molecular weight is 619 g/mol. The molecule has 0 spiro atoms. The average Bonchev–Trinajstić information content (AvgIpc) is 3.67. The number of ether oxygens (including phenoxy) is 2. The van der Waals surface area contributed by atoms with Gasteiger partial charge in [-0.1, -0.05) is 18.2 Å². The van der Waals surface area contributed by atoms with Crippen LogP contribution in [0, 0.1) is 23.0 Å². The van der Waals surface area contributed by atoms with Gasteiger partial charge >= 0.3 is 5.97 Å². The number of aryl methyl sites for hydroxylation is 1. The van der Waals surface area contributed by atoms with Crippen molar-refractivity contribution >= 4 is 17.0 Å². The Hall–Kier alpha value is -5.89. The van der Waals surface area contributed by atoms with Crippen LogP contribution in [0.2, 0.25) is 0 Å². The lowest BCUT2D eigenvalue weighted by molar-refractivity contribution is 0.0601. The van der Waals surface area contributed by atoms with Crippen LogP contribution in [0.25, 0.3) is 22.3 Å². The number of nitriles is 1. The van der Waals surface area contributed by atoms with Crippen molar-refractivity contribution in [2.45, 2.75) is 33.0 Å². The van der Waals surface area contributed by atoms with E-state index in [1.54, 1.807) is 55.0 Å². The lowest BCUT2D eigenvalue weighted by Gasteiger charge is -2.12. The van der Waals surface area contributed by atoms with E-state index >= 15 is 4.39 Å². The molecule has 11 heteroatoms. The number of rotatable bonds is 10. The number of methoxy groups -OCH3 is 1. The lowest BCUT2D eigenvalue weighted by atomic mass is 10.1. The summed E-state index contributed by atoms with van der Waals surface area (Å²) in [5, 5.41) is 8.94. The van der Waals surface area contributed by atoms with Gasteiger partial charge < -0.3 is 18.6 Å². The summed E-state index contributed by atoms with van der Waals surface area (Å²) in [6.45, 7) is 3.12. The molecule has 0 bridgehead atoms. The van der Waals surface area contributed by atoms with Crippen LogP contribution in [-0.2, 0) is 30.9 Å². The first-order chi connectivity index (χ1) is 22.4. The number of imidazole rings is 2. The highest BCUT2D eigenvalue weighted by molar-refractivity contribution is 5.93. The normalized spacial score (nSPS) is 11.0. The quantitative estimate of drug-likeness (QED) is 0.162. The van der Waals surface area contributed by atoms with E-state index in [0.29, 0.717) is 41.1 Å². The predicted octanol–water partition coefficient (Wildman–Crippen LogP) is 6.47. The van der Waals surface area contributed by atoms with Gasteiger partial charge in [-0.25, -0.2) is 28.5 Å². The summed E-state index contributed by atoms with van der Waals surface area (Å²) >= 11 is 0. The Balaban J connectivity index is 1.26. The van der Waals surface area contributed by atoms with Gasteiger partial charge in [0.2, 0.25) is 5.88 Å². The Morgan fingerprint density at radius 2 is 1.87 bits per heavy atom. The molecular formula is C35H28F2N6O3. The minimum atomic E-state index is -0.551. The van der Waals surface area contributed by atoms with Gasteiger partial charge in [0.25, 0.3) is 0 Å². The molecule has 0 fully saturated rings. The number of hydrogen-bond acceptors (Lipinski definition) is 7. The number of fused-ring (bicyclic) bond motifs is 1. The molecule has 0 unspecified atom stereocenters. The van der Waals surface area contributed by atoms with E-state index < -0.39 is 17.6 Å². The van der Waals surface area contributed by atoms with E-state index in [1.165, 1.54) is 25.3 Å². The Bertz CT molecular complexity index is 2110. The summed E-state index contributed by atoms with van der Waals surface area (Å²) in [6.07, 6.45) is 3.89. The molecule has 0 aliphatic rings.